The Morgan fingerprint density at radius 3 is 2.06 bits per heavy atom. The molecule has 0 aliphatic rings. The minimum Gasteiger partial charge on any atom is -0.330 e. The van der Waals surface area contributed by atoms with Gasteiger partial charge in [-0.15, -0.1) is 0 Å². The highest BCUT2D eigenvalue weighted by atomic mass is 32.2. The Morgan fingerprint density at radius 1 is 1.12 bits per heavy atom. The molecule has 1 aromatic carbocycles. The Bertz CT molecular complexity index is 436. The van der Waals surface area contributed by atoms with Gasteiger partial charge in [-0.2, -0.15) is 4.31 Å². The Balaban J connectivity index is 2.99. The third kappa shape index (κ3) is 3.28. The van der Waals surface area contributed by atoms with Crippen molar-refractivity contribution in [2.24, 2.45) is 5.73 Å². The molecule has 5 heteroatoms. The van der Waals surface area contributed by atoms with Gasteiger partial charge in [0.1, 0.15) is 0 Å². The highest BCUT2D eigenvalue weighted by Crippen LogP contribution is 2.16. The van der Waals surface area contributed by atoms with Crippen molar-refractivity contribution in [1.29, 1.82) is 0 Å². The normalized spacial score (nSPS) is 12.0. The summed E-state index contributed by atoms with van der Waals surface area (Å²) in [5.74, 6) is 0. The summed E-state index contributed by atoms with van der Waals surface area (Å²) in [5.41, 5.74) is 6.51. The van der Waals surface area contributed by atoms with E-state index in [-0.39, 0.29) is 0 Å². The van der Waals surface area contributed by atoms with Crippen LogP contribution in [0.2, 0.25) is 0 Å². The second kappa shape index (κ2) is 6.14. The number of sulfonamides is 1. The van der Waals surface area contributed by atoms with Gasteiger partial charge in [-0.1, -0.05) is 26.0 Å². The van der Waals surface area contributed by atoms with E-state index in [4.69, 9.17) is 5.73 Å². The van der Waals surface area contributed by atoms with Crippen molar-refractivity contribution in [3.63, 3.8) is 0 Å². The van der Waals surface area contributed by atoms with Crippen LogP contribution in [0, 0.1) is 0 Å². The number of hydrogen-bond donors (Lipinski definition) is 1. The number of nitrogens with two attached hydrogens (primary N) is 1. The monoisotopic (exact) mass is 256 g/mol. The van der Waals surface area contributed by atoms with Gasteiger partial charge in [-0.25, -0.2) is 8.42 Å². The van der Waals surface area contributed by atoms with Gasteiger partial charge in [0, 0.05) is 13.1 Å². The molecule has 0 saturated heterocycles. The molecule has 0 amide bonds. The van der Waals surface area contributed by atoms with Gasteiger partial charge in [0.25, 0.3) is 0 Å². The maximum Gasteiger partial charge on any atom is 0.243 e. The largest absolute Gasteiger partial charge is 0.330 e. The second-order valence-corrected chi connectivity index (χ2v) is 5.71. The van der Waals surface area contributed by atoms with E-state index in [9.17, 15) is 8.42 Å². The molecule has 0 aliphatic carbocycles. The van der Waals surface area contributed by atoms with Crippen molar-refractivity contribution in [3.8, 4) is 0 Å². The molecule has 4 nitrogen and oxygen atoms in total. The molecule has 0 saturated carbocycles. The number of hydrogen-bond acceptors (Lipinski definition) is 3. The van der Waals surface area contributed by atoms with Gasteiger partial charge < -0.3 is 5.73 Å². The SMILES string of the molecule is CCN(CC)S(=O)(=O)c1ccc(CCN)cc1. The summed E-state index contributed by atoms with van der Waals surface area (Å²) < 4.78 is 25.8. The average molecular weight is 256 g/mol. The topological polar surface area (TPSA) is 63.4 Å². The molecule has 0 unspecified atom stereocenters. The predicted octanol–water partition coefficient (Wildman–Crippen LogP) is 1.22. The van der Waals surface area contributed by atoms with E-state index in [0.717, 1.165) is 12.0 Å². The molecular weight excluding hydrogens is 236 g/mol. The molecule has 0 spiro atoms. The van der Waals surface area contributed by atoms with Gasteiger partial charge in [0.05, 0.1) is 4.90 Å². The van der Waals surface area contributed by atoms with E-state index in [1.165, 1.54) is 4.31 Å². The van der Waals surface area contributed by atoms with Gasteiger partial charge in [-0.3, -0.25) is 0 Å². The summed E-state index contributed by atoms with van der Waals surface area (Å²) in [6.45, 7) is 5.22. The quantitative estimate of drug-likeness (QED) is 0.832. The van der Waals surface area contributed by atoms with E-state index in [1.54, 1.807) is 12.1 Å². The summed E-state index contributed by atoms with van der Waals surface area (Å²) in [6.07, 6.45) is 0.769. The van der Waals surface area contributed by atoms with Crippen LogP contribution in [0.15, 0.2) is 29.2 Å². The first-order valence-electron chi connectivity index (χ1n) is 5.85. The average Bonchev–Trinajstić information content (AvgIpc) is 2.31. The van der Waals surface area contributed by atoms with Crippen LogP contribution < -0.4 is 5.73 Å². The molecule has 17 heavy (non-hydrogen) atoms. The zero-order chi connectivity index (χ0) is 12.9. The molecule has 0 aromatic heterocycles. The van der Waals surface area contributed by atoms with Crippen molar-refractivity contribution in [2.75, 3.05) is 19.6 Å². The van der Waals surface area contributed by atoms with Crippen molar-refractivity contribution in [3.05, 3.63) is 29.8 Å². The summed E-state index contributed by atoms with van der Waals surface area (Å²) in [4.78, 5) is 0.349. The number of nitrogens with zero attached hydrogens (tertiary/aromatic N) is 1. The minimum absolute atomic E-state index is 0.349. The van der Waals surface area contributed by atoms with Gasteiger partial charge in [-0.05, 0) is 30.7 Å². The molecule has 0 bridgehead atoms. The highest BCUT2D eigenvalue weighted by Gasteiger charge is 2.20. The molecule has 96 valence electrons. The fraction of sp³-hybridized carbons (Fsp3) is 0.500. The zero-order valence-electron chi connectivity index (χ0n) is 10.4. The first kappa shape index (κ1) is 14.2. The van der Waals surface area contributed by atoms with E-state index in [0.29, 0.717) is 24.5 Å². The first-order chi connectivity index (χ1) is 8.06. The van der Waals surface area contributed by atoms with Gasteiger partial charge in [0.2, 0.25) is 10.0 Å². The number of rotatable bonds is 6. The van der Waals surface area contributed by atoms with E-state index in [2.05, 4.69) is 0 Å². The molecule has 1 rings (SSSR count). The van der Waals surface area contributed by atoms with E-state index in [1.807, 2.05) is 26.0 Å². The first-order valence-corrected chi connectivity index (χ1v) is 7.29. The maximum atomic E-state index is 12.2. The van der Waals surface area contributed by atoms with Crippen LogP contribution in [0.3, 0.4) is 0 Å². The van der Waals surface area contributed by atoms with Crippen molar-refractivity contribution < 1.29 is 8.42 Å². The van der Waals surface area contributed by atoms with E-state index < -0.39 is 10.0 Å². The lowest BCUT2D eigenvalue weighted by Gasteiger charge is -2.18. The van der Waals surface area contributed by atoms with Crippen LogP contribution in [0.1, 0.15) is 19.4 Å². The lowest BCUT2D eigenvalue weighted by atomic mass is 10.2. The molecular formula is C12H20N2O2S. The summed E-state index contributed by atoms with van der Waals surface area (Å²) >= 11 is 0. The van der Waals surface area contributed by atoms with E-state index >= 15 is 0 Å². The number of benzene rings is 1. The molecule has 1 aromatic rings. The van der Waals surface area contributed by atoms with Crippen molar-refractivity contribution in [1.82, 2.24) is 4.31 Å². The Hall–Kier alpha value is -0.910. The molecule has 0 aliphatic heterocycles. The van der Waals surface area contributed by atoms with Crippen LogP contribution in [0.25, 0.3) is 0 Å². The summed E-state index contributed by atoms with van der Waals surface area (Å²) in [5, 5.41) is 0. The maximum absolute atomic E-state index is 12.2. The standard InChI is InChI=1S/C12H20N2O2S/c1-3-14(4-2)17(15,16)12-7-5-11(6-8-12)9-10-13/h5-8H,3-4,9-10,13H2,1-2H3. The molecule has 2 N–H and O–H groups in total. The fourth-order valence-electron chi connectivity index (χ4n) is 1.71. The zero-order valence-corrected chi connectivity index (χ0v) is 11.2. The molecule has 0 fully saturated rings. The highest BCUT2D eigenvalue weighted by molar-refractivity contribution is 7.89. The van der Waals surface area contributed by atoms with Crippen molar-refractivity contribution >= 4 is 10.0 Å². The summed E-state index contributed by atoms with van der Waals surface area (Å²) in [7, 11) is -3.33. The van der Waals surface area contributed by atoms with Gasteiger partial charge >= 0.3 is 0 Å². The lowest BCUT2D eigenvalue weighted by Crippen LogP contribution is -2.30. The third-order valence-electron chi connectivity index (χ3n) is 2.70. The lowest BCUT2D eigenvalue weighted by molar-refractivity contribution is 0.445. The second-order valence-electron chi connectivity index (χ2n) is 3.77. The molecule has 0 heterocycles. The Kier molecular flexibility index (Phi) is 5.11. The smallest absolute Gasteiger partial charge is 0.243 e. The summed E-state index contributed by atoms with van der Waals surface area (Å²) in [6, 6.07) is 6.95. The Morgan fingerprint density at radius 2 is 1.65 bits per heavy atom. The van der Waals surface area contributed by atoms with Crippen LogP contribution in [-0.4, -0.2) is 32.4 Å². The van der Waals surface area contributed by atoms with Gasteiger partial charge in [0.15, 0.2) is 0 Å². The third-order valence-corrected chi connectivity index (χ3v) is 4.76. The molecule has 0 atom stereocenters. The van der Waals surface area contributed by atoms with Crippen LogP contribution in [0.5, 0.6) is 0 Å². The fourth-order valence-corrected chi connectivity index (χ4v) is 3.17. The van der Waals surface area contributed by atoms with Crippen LogP contribution in [0.4, 0.5) is 0 Å². The minimum atomic E-state index is -3.33. The molecule has 0 radical (unpaired) electrons. The Labute approximate surface area is 103 Å². The van der Waals surface area contributed by atoms with Crippen molar-refractivity contribution in [2.45, 2.75) is 25.2 Å². The van der Waals surface area contributed by atoms with Crippen LogP contribution in [-0.2, 0) is 16.4 Å². The predicted molar refractivity (Wildman–Crippen MR) is 69.3 cm³/mol. The van der Waals surface area contributed by atoms with Crippen LogP contribution >= 0.6 is 0 Å².